The quantitative estimate of drug-likeness (QED) is 0.694. The molecular weight excluding hydrogens is 401 g/mol. The van der Waals surface area contributed by atoms with Gasteiger partial charge in [0.1, 0.15) is 24.6 Å². The van der Waals surface area contributed by atoms with Gasteiger partial charge < -0.3 is 9.64 Å². The lowest BCUT2D eigenvalue weighted by molar-refractivity contribution is 0.249. The number of hydrogen-bond donors (Lipinski definition) is 1. The number of halogens is 1. The van der Waals surface area contributed by atoms with E-state index in [0.717, 1.165) is 25.9 Å². The molecule has 31 heavy (non-hydrogen) atoms. The first-order valence-corrected chi connectivity index (χ1v) is 10.1. The Balaban J connectivity index is 1.58. The minimum absolute atomic E-state index is 0.308. The van der Waals surface area contributed by atoms with Gasteiger partial charge in [0.05, 0.1) is 6.54 Å². The Hall–Kier alpha value is -3.82. The molecule has 2 aliphatic rings. The van der Waals surface area contributed by atoms with Crippen LogP contribution in [0.1, 0.15) is 12.8 Å². The van der Waals surface area contributed by atoms with E-state index in [1.165, 1.54) is 23.4 Å². The number of ether oxygens (including phenoxy) is 1. The highest BCUT2D eigenvalue weighted by molar-refractivity contribution is 6.02. The molecule has 0 spiro atoms. The largest absolute Gasteiger partial charge is 0.485 e. The van der Waals surface area contributed by atoms with Crippen molar-refractivity contribution in [3.05, 3.63) is 48.7 Å². The van der Waals surface area contributed by atoms with Gasteiger partial charge in [-0.05, 0) is 31.0 Å². The lowest BCUT2D eigenvalue weighted by atomic mass is 10.2. The Morgan fingerprint density at radius 1 is 1.10 bits per heavy atom. The molecule has 158 valence electrons. The van der Waals surface area contributed by atoms with Gasteiger partial charge in [0.25, 0.3) is 0 Å². The molecule has 1 saturated heterocycles. The molecule has 5 rings (SSSR count). The second kappa shape index (κ2) is 8.13. The van der Waals surface area contributed by atoms with Crippen molar-refractivity contribution in [2.75, 3.05) is 41.4 Å². The summed E-state index contributed by atoms with van der Waals surface area (Å²) in [6.45, 7) is 2.29. The van der Waals surface area contributed by atoms with Crippen LogP contribution < -0.4 is 19.9 Å². The van der Waals surface area contributed by atoms with Gasteiger partial charge >= 0.3 is 6.03 Å². The average Bonchev–Trinajstić information content (AvgIpc) is 3.33. The van der Waals surface area contributed by atoms with Crippen molar-refractivity contribution in [3.63, 3.8) is 0 Å². The van der Waals surface area contributed by atoms with Crippen LogP contribution in [-0.4, -0.2) is 52.2 Å². The molecular formula is C21H20FN7O2. The van der Waals surface area contributed by atoms with Gasteiger partial charge in [0, 0.05) is 24.8 Å². The van der Waals surface area contributed by atoms with Crippen molar-refractivity contribution in [1.29, 1.82) is 0 Å². The second-order valence-corrected chi connectivity index (χ2v) is 7.25. The lowest BCUT2D eigenvalue weighted by Crippen LogP contribution is -2.42. The molecule has 1 aromatic carbocycles. The van der Waals surface area contributed by atoms with Crippen LogP contribution in [0.25, 0.3) is 11.4 Å². The predicted molar refractivity (Wildman–Crippen MR) is 113 cm³/mol. The summed E-state index contributed by atoms with van der Waals surface area (Å²) in [7, 11) is 0. The molecule has 9 nitrogen and oxygen atoms in total. The molecule has 0 unspecified atom stereocenters. The summed E-state index contributed by atoms with van der Waals surface area (Å²) in [6, 6.07) is 7.32. The Morgan fingerprint density at radius 3 is 2.71 bits per heavy atom. The second-order valence-electron chi connectivity index (χ2n) is 7.25. The highest BCUT2D eigenvalue weighted by Crippen LogP contribution is 2.40. The van der Waals surface area contributed by atoms with Crippen LogP contribution in [0, 0.1) is 5.82 Å². The van der Waals surface area contributed by atoms with E-state index in [9.17, 15) is 9.18 Å². The third-order valence-corrected chi connectivity index (χ3v) is 5.20. The molecule has 0 radical (unpaired) electrons. The molecule has 2 aliphatic heterocycles. The number of rotatable bonds is 3. The summed E-state index contributed by atoms with van der Waals surface area (Å²) in [5.41, 5.74) is 0.532. The fraction of sp³-hybridized carbons (Fsp3) is 0.286. The summed E-state index contributed by atoms with van der Waals surface area (Å²) in [5, 5.41) is 2.76. The van der Waals surface area contributed by atoms with E-state index in [1.54, 1.807) is 24.4 Å². The maximum absolute atomic E-state index is 13.9. The highest BCUT2D eigenvalue weighted by Gasteiger charge is 2.32. The molecule has 0 saturated carbocycles. The number of benzene rings is 1. The smallest absolute Gasteiger partial charge is 0.328 e. The van der Waals surface area contributed by atoms with E-state index in [0.29, 0.717) is 47.7 Å². The number of hydrogen-bond acceptors (Lipinski definition) is 7. The molecule has 0 atom stereocenters. The third kappa shape index (κ3) is 3.83. The number of aromatic nitrogens is 4. The number of nitrogens with zero attached hydrogens (tertiary/aromatic N) is 6. The number of anilines is 3. The Bertz CT molecular complexity index is 1110. The Kier molecular flexibility index (Phi) is 5.03. The summed E-state index contributed by atoms with van der Waals surface area (Å²) >= 11 is 0. The summed E-state index contributed by atoms with van der Waals surface area (Å²) < 4.78 is 19.8. The van der Waals surface area contributed by atoms with Crippen molar-refractivity contribution < 1.29 is 13.9 Å². The molecule has 4 heterocycles. The van der Waals surface area contributed by atoms with Crippen LogP contribution in [-0.2, 0) is 0 Å². The molecule has 2 amide bonds. The van der Waals surface area contributed by atoms with Crippen molar-refractivity contribution >= 4 is 23.5 Å². The maximum atomic E-state index is 13.9. The van der Waals surface area contributed by atoms with Crippen LogP contribution in [0.3, 0.4) is 0 Å². The molecule has 2 aromatic heterocycles. The number of amides is 2. The van der Waals surface area contributed by atoms with E-state index in [2.05, 4.69) is 25.2 Å². The molecule has 0 aliphatic carbocycles. The number of carbonyl (C=O) groups is 1. The van der Waals surface area contributed by atoms with Crippen molar-refractivity contribution in [2.24, 2.45) is 0 Å². The van der Waals surface area contributed by atoms with Gasteiger partial charge in [-0.1, -0.05) is 12.1 Å². The van der Waals surface area contributed by atoms with Crippen LogP contribution in [0.15, 0.2) is 42.9 Å². The first kappa shape index (κ1) is 19.2. The molecule has 10 heteroatoms. The Morgan fingerprint density at radius 2 is 1.94 bits per heavy atom. The standard InChI is InChI=1S/C21H20FN7O2/c22-15-5-3-4-14(12-15)18-26-19(28-8-1-2-9-28)17-20(27-18)29(10-11-31-17)21(30)25-16-6-7-23-13-24-16/h3-7,12-13H,1-2,8-11H2,(H,23,24,25,30). The SMILES string of the molecule is O=C(Nc1ccncn1)N1CCOc2c(N3CCCC3)nc(-c3cccc(F)c3)nc21. The van der Waals surface area contributed by atoms with Gasteiger partial charge in [0.15, 0.2) is 17.5 Å². The normalized spacial score (nSPS) is 15.4. The van der Waals surface area contributed by atoms with Crippen LogP contribution in [0.4, 0.5) is 26.6 Å². The zero-order chi connectivity index (χ0) is 21.2. The van der Waals surface area contributed by atoms with E-state index in [4.69, 9.17) is 9.72 Å². The van der Waals surface area contributed by atoms with Gasteiger partial charge in [-0.25, -0.2) is 29.1 Å². The predicted octanol–water partition coefficient (Wildman–Crippen LogP) is 3.10. The zero-order valence-corrected chi connectivity index (χ0v) is 16.7. The van der Waals surface area contributed by atoms with Gasteiger partial charge in [0.2, 0.25) is 5.75 Å². The topological polar surface area (TPSA) is 96.4 Å². The number of carbonyl (C=O) groups excluding carboxylic acids is 1. The van der Waals surface area contributed by atoms with E-state index in [-0.39, 0.29) is 11.8 Å². The van der Waals surface area contributed by atoms with E-state index < -0.39 is 0 Å². The first-order chi connectivity index (χ1) is 15.2. The summed E-state index contributed by atoms with van der Waals surface area (Å²) in [5.74, 6) is 1.79. The Labute approximate surface area is 177 Å². The monoisotopic (exact) mass is 421 g/mol. The maximum Gasteiger partial charge on any atom is 0.328 e. The van der Waals surface area contributed by atoms with Crippen LogP contribution >= 0.6 is 0 Å². The highest BCUT2D eigenvalue weighted by atomic mass is 19.1. The molecule has 1 N–H and O–H groups in total. The average molecular weight is 421 g/mol. The van der Waals surface area contributed by atoms with E-state index >= 15 is 0 Å². The minimum Gasteiger partial charge on any atom is -0.485 e. The minimum atomic E-state index is -0.389. The van der Waals surface area contributed by atoms with Crippen molar-refractivity contribution in [2.45, 2.75) is 12.8 Å². The van der Waals surface area contributed by atoms with Crippen molar-refractivity contribution in [3.8, 4) is 17.1 Å². The molecule has 3 aromatic rings. The van der Waals surface area contributed by atoms with E-state index in [1.807, 2.05) is 0 Å². The van der Waals surface area contributed by atoms with Crippen molar-refractivity contribution in [1.82, 2.24) is 19.9 Å². The van der Waals surface area contributed by atoms with Crippen LogP contribution in [0.2, 0.25) is 0 Å². The fourth-order valence-corrected chi connectivity index (χ4v) is 3.72. The molecule has 1 fully saturated rings. The lowest BCUT2D eigenvalue weighted by Gasteiger charge is -2.31. The van der Waals surface area contributed by atoms with Gasteiger partial charge in [-0.3, -0.25) is 10.2 Å². The van der Waals surface area contributed by atoms with Crippen LogP contribution in [0.5, 0.6) is 5.75 Å². The number of nitrogens with one attached hydrogen (secondary N) is 1. The van der Waals surface area contributed by atoms with Gasteiger partial charge in [-0.2, -0.15) is 0 Å². The number of urea groups is 1. The first-order valence-electron chi connectivity index (χ1n) is 10.1. The summed E-state index contributed by atoms with van der Waals surface area (Å²) in [6.07, 6.45) is 5.00. The third-order valence-electron chi connectivity index (χ3n) is 5.20. The fourth-order valence-electron chi connectivity index (χ4n) is 3.72. The van der Waals surface area contributed by atoms with Gasteiger partial charge in [-0.15, -0.1) is 0 Å². The number of fused-ring (bicyclic) bond motifs is 1. The summed E-state index contributed by atoms with van der Waals surface area (Å²) in [4.78, 5) is 33.9. The zero-order valence-electron chi connectivity index (χ0n) is 16.7. The molecule has 0 bridgehead atoms.